The maximum Gasteiger partial charge on any atom is 1.00 e. The molecule has 66 valence electrons. The number of halogens is 1. The molecule has 8 heteroatoms. The van der Waals surface area contributed by atoms with Crippen LogP contribution >= 0.6 is 0 Å². The molecule has 0 fully saturated rings. The van der Waals surface area contributed by atoms with Crippen molar-refractivity contribution in [1.82, 2.24) is 0 Å². The van der Waals surface area contributed by atoms with Gasteiger partial charge in [0.25, 0.3) is 0 Å². The molecule has 0 bridgehead atoms. The van der Waals surface area contributed by atoms with Crippen molar-refractivity contribution in [3.05, 3.63) is 0 Å². The zero-order valence-electron chi connectivity index (χ0n) is 6.14. The Hall–Kier alpha value is 0.340. The minimum atomic E-state index is -2.27. The van der Waals surface area contributed by atoms with Crippen LogP contribution in [0.1, 0.15) is 0 Å². The maximum atomic E-state index is 9.77. The van der Waals surface area contributed by atoms with E-state index in [4.69, 9.17) is 20.4 Å². The van der Waals surface area contributed by atoms with E-state index in [1.165, 1.54) is 0 Å². The van der Waals surface area contributed by atoms with Crippen molar-refractivity contribution in [2.75, 3.05) is 0 Å². The zero-order chi connectivity index (χ0) is 8.31. The molecule has 0 saturated heterocycles. The van der Waals surface area contributed by atoms with Crippen LogP contribution < -0.4 is 46.5 Å². The fourth-order valence-corrected chi connectivity index (χ4v) is 0.270. The minimum absolute atomic E-state index is 0. The number of carboxylic acid groups (broad SMARTS) is 2. The molecular weight excluding hydrogens is 247 g/mol. The van der Waals surface area contributed by atoms with Crippen molar-refractivity contribution < 1.29 is 76.6 Å². The first-order chi connectivity index (χ1) is 4.46. The third-order valence-electron chi connectivity index (χ3n) is 0.805. The van der Waals surface area contributed by atoms with Gasteiger partial charge in [0.15, 0.2) is 12.2 Å². The standard InChI is InChI=1S/C4H6O6.BrH.Na/c5-1(3(7)8)2(6)4(9)10;;/h1-2,5-6H,(H,7,8)(H,9,10);1H;/q;;+1/p-1/t1-,2-;;/m1../s1. The number of carbonyl (C=O) groups is 2. The van der Waals surface area contributed by atoms with Gasteiger partial charge < -0.3 is 37.4 Å². The van der Waals surface area contributed by atoms with Gasteiger partial charge in [-0.25, -0.2) is 9.59 Å². The molecule has 0 aromatic carbocycles. The molecule has 0 aliphatic rings. The quantitative estimate of drug-likeness (QED) is 0.371. The number of aliphatic hydroxyl groups excluding tert-OH is 2. The predicted molar refractivity (Wildman–Crippen MR) is 27.3 cm³/mol. The molecule has 6 nitrogen and oxygen atoms in total. The molecule has 12 heavy (non-hydrogen) atoms. The molecule has 0 spiro atoms. The van der Waals surface area contributed by atoms with E-state index in [2.05, 4.69) is 0 Å². The minimum Gasteiger partial charge on any atom is -1.00 e. The third kappa shape index (κ3) is 5.92. The average molecular weight is 253 g/mol. The molecule has 0 aliphatic heterocycles. The first-order valence-electron chi connectivity index (χ1n) is 2.28. The Morgan fingerprint density at radius 3 is 1.17 bits per heavy atom. The van der Waals surface area contributed by atoms with Crippen molar-refractivity contribution in [2.45, 2.75) is 12.2 Å². The Labute approximate surface area is 100 Å². The summed E-state index contributed by atoms with van der Waals surface area (Å²) < 4.78 is 0. The number of aliphatic hydroxyl groups is 2. The number of carboxylic acids is 2. The Morgan fingerprint density at radius 1 is 0.917 bits per heavy atom. The molecule has 0 saturated carbocycles. The van der Waals surface area contributed by atoms with Gasteiger partial charge in [-0.1, -0.05) is 0 Å². The molecule has 0 radical (unpaired) electrons. The molecule has 0 aromatic heterocycles. The Morgan fingerprint density at radius 2 is 1.08 bits per heavy atom. The summed E-state index contributed by atoms with van der Waals surface area (Å²) in [6, 6.07) is 0. The maximum absolute atomic E-state index is 9.77. The van der Waals surface area contributed by atoms with Crippen LogP contribution in [-0.2, 0) is 9.59 Å². The van der Waals surface area contributed by atoms with Crippen LogP contribution in [0.15, 0.2) is 0 Å². The van der Waals surface area contributed by atoms with Gasteiger partial charge in [-0.05, 0) is 0 Å². The van der Waals surface area contributed by atoms with Crippen molar-refractivity contribution in [2.24, 2.45) is 0 Å². The molecule has 0 unspecified atom stereocenters. The third-order valence-corrected chi connectivity index (χ3v) is 0.805. The van der Waals surface area contributed by atoms with Crippen LogP contribution in [0.3, 0.4) is 0 Å². The summed E-state index contributed by atoms with van der Waals surface area (Å²) in [5.41, 5.74) is 0. The van der Waals surface area contributed by atoms with Gasteiger partial charge in [0.05, 0.1) is 0 Å². The van der Waals surface area contributed by atoms with Crippen LogP contribution in [0.25, 0.3) is 0 Å². The summed E-state index contributed by atoms with van der Waals surface area (Å²) in [7, 11) is 0. The van der Waals surface area contributed by atoms with E-state index in [1.54, 1.807) is 0 Å². The van der Waals surface area contributed by atoms with Crippen molar-refractivity contribution in [3.63, 3.8) is 0 Å². The molecule has 0 rings (SSSR count). The van der Waals surface area contributed by atoms with Gasteiger partial charge in [0.2, 0.25) is 0 Å². The van der Waals surface area contributed by atoms with Gasteiger partial charge in [0.1, 0.15) is 0 Å². The second-order valence-electron chi connectivity index (χ2n) is 1.57. The average Bonchev–Trinajstić information content (AvgIpc) is 1.84. The summed E-state index contributed by atoms with van der Waals surface area (Å²) >= 11 is 0. The first kappa shape index (κ1) is 18.2. The van der Waals surface area contributed by atoms with E-state index in [1.807, 2.05) is 0 Å². The number of rotatable bonds is 3. The fourth-order valence-electron chi connectivity index (χ4n) is 0.270. The van der Waals surface area contributed by atoms with Crippen molar-refractivity contribution in [3.8, 4) is 0 Å². The Bertz CT molecular complexity index is 144. The molecule has 4 N–H and O–H groups in total. The summed E-state index contributed by atoms with van der Waals surface area (Å²) in [5, 5.41) is 32.5. The molecule has 0 aromatic rings. The van der Waals surface area contributed by atoms with Gasteiger partial charge >= 0.3 is 41.5 Å². The molecule has 0 amide bonds. The van der Waals surface area contributed by atoms with Gasteiger partial charge in [-0.3, -0.25) is 0 Å². The second-order valence-corrected chi connectivity index (χ2v) is 1.57. The van der Waals surface area contributed by atoms with Gasteiger partial charge in [0, 0.05) is 0 Å². The Balaban J connectivity index is -0.000000405. The van der Waals surface area contributed by atoms with Crippen LogP contribution in [0, 0.1) is 0 Å². The SMILES string of the molecule is O=C(O)[C@H](O)[C@@H](O)C(=O)O.[Br-].[Na+]. The monoisotopic (exact) mass is 252 g/mol. The van der Waals surface area contributed by atoms with E-state index in [-0.39, 0.29) is 46.5 Å². The first-order valence-corrected chi connectivity index (χ1v) is 2.28. The van der Waals surface area contributed by atoms with Gasteiger partial charge in [-0.2, -0.15) is 0 Å². The smallest absolute Gasteiger partial charge is 1.00 e. The fraction of sp³-hybridized carbons (Fsp3) is 0.500. The number of hydrogen-bond acceptors (Lipinski definition) is 4. The summed E-state index contributed by atoms with van der Waals surface area (Å²) in [5.74, 6) is -3.54. The van der Waals surface area contributed by atoms with Crippen LogP contribution in [-0.4, -0.2) is 44.6 Å². The van der Waals surface area contributed by atoms with Crippen molar-refractivity contribution >= 4 is 11.9 Å². The van der Waals surface area contributed by atoms with E-state index in [9.17, 15) is 9.59 Å². The van der Waals surface area contributed by atoms with E-state index in [0.29, 0.717) is 0 Å². The Kier molecular flexibility index (Phi) is 12.1. The summed E-state index contributed by atoms with van der Waals surface area (Å²) in [6.45, 7) is 0. The van der Waals surface area contributed by atoms with Crippen LogP contribution in [0.4, 0.5) is 0 Å². The molecular formula is C4H6BrNaO6. The summed E-state index contributed by atoms with van der Waals surface area (Å²) in [4.78, 5) is 19.5. The van der Waals surface area contributed by atoms with Crippen molar-refractivity contribution in [1.29, 1.82) is 0 Å². The number of aliphatic carboxylic acids is 2. The number of hydrogen-bond donors (Lipinski definition) is 4. The molecule has 0 heterocycles. The molecule has 0 aliphatic carbocycles. The second kappa shape index (κ2) is 7.96. The van der Waals surface area contributed by atoms with Crippen LogP contribution in [0.5, 0.6) is 0 Å². The topological polar surface area (TPSA) is 115 Å². The molecule has 2 atom stereocenters. The zero-order valence-corrected chi connectivity index (χ0v) is 9.72. The van der Waals surface area contributed by atoms with Gasteiger partial charge in [-0.15, -0.1) is 0 Å². The summed E-state index contributed by atoms with van der Waals surface area (Å²) in [6.07, 6.45) is -4.53. The largest absolute Gasteiger partial charge is 1.00 e. The van der Waals surface area contributed by atoms with E-state index in [0.717, 1.165) is 0 Å². The van der Waals surface area contributed by atoms with Crippen LogP contribution in [0.2, 0.25) is 0 Å². The predicted octanol–water partition coefficient (Wildman–Crippen LogP) is -8.11. The van der Waals surface area contributed by atoms with E-state index < -0.39 is 24.1 Å². The normalized spacial score (nSPS) is 13.2. The van der Waals surface area contributed by atoms with E-state index >= 15 is 0 Å².